The summed E-state index contributed by atoms with van der Waals surface area (Å²) in [4.78, 5) is 24.0. The molecule has 0 spiro atoms. The fourth-order valence-electron chi connectivity index (χ4n) is 2.55. The number of fused-ring (bicyclic) bond motifs is 1. The first-order valence-corrected chi connectivity index (χ1v) is 7.41. The molecule has 0 unspecified atom stereocenters. The molecule has 2 aromatic carbocycles. The van der Waals surface area contributed by atoms with Crippen molar-refractivity contribution in [2.75, 3.05) is 0 Å². The molecular weight excluding hydrogens is 294 g/mol. The quantitative estimate of drug-likeness (QED) is 0.548. The Balaban J connectivity index is 1.74. The van der Waals surface area contributed by atoms with E-state index in [1.165, 1.54) is 4.57 Å². The highest BCUT2D eigenvalue weighted by molar-refractivity contribution is 5.75. The lowest BCUT2D eigenvalue weighted by Crippen LogP contribution is -2.19. The van der Waals surface area contributed by atoms with Crippen LogP contribution >= 0.6 is 0 Å². The Morgan fingerprint density at radius 3 is 2.52 bits per heavy atom. The number of carbonyl (C=O) groups excluding carboxylic acids is 1. The second-order valence-electron chi connectivity index (χ2n) is 5.43. The van der Waals surface area contributed by atoms with Gasteiger partial charge in [-0.25, -0.2) is 4.79 Å². The van der Waals surface area contributed by atoms with Gasteiger partial charge in [-0.05, 0) is 37.1 Å². The van der Waals surface area contributed by atoms with Crippen LogP contribution in [0.2, 0.25) is 0 Å². The van der Waals surface area contributed by atoms with Crippen molar-refractivity contribution in [1.82, 2.24) is 4.57 Å². The topological polar surface area (TPSA) is 61.4 Å². The molecule has 0 bridgehead atoms. The molecule has 0 saturated carbocycles. The summed E-state index contributed by atoms with van der Waals surface area (Å²) in [7, 11) is 0. The minimum Gasteiger partial charge on any atom is -0.426 e. The van der Waals surface area contributed by atoms with E-state index in [1.54, 1.807) is 18.2 Å². The van der Waals surface area contributed by atoms with E-state index in [2.05, 4.69) is 0 Å². The third kappa shape index (κ3) is 3.04. The summed E-state index contributed by atoms with van der Waals surface area (Å²) in [5.74, 6) is -0.257. The van der Waals surface area contributed by atoms with Crippen LogP contribution in [0.3, 0.4) is 0 Å². The van der Waals surface area contributed by atoms with E-state index < -0.39 is 5.76 Å². The van der Waals surface area contributed by atoms with Gasteiger partial charge in [0.05, 0.1) is 11.9 Å². The van der Waals surface area contributed by atoms with Gasteiger partial charge in [-0.2, -0.15) is 0 Å². The van der Waals surface area contributed by atoms with Crippen LogP contribution in [0.15, 0.2) is 51.7 Å². The molecule has 1 heterocycles. The van der Waals surface area contributed by atoms with Crippen LogP contribution in [0.4, 0.5) is 0 Å². The van der Waals surface area contributed by atoms with Crippen LogP contribution in [0.5, 0.6) is 5.75 Å². The Morgan fingerprint density at radius 2 is 1.78 bits per heavy atom. The second kappa shape index (κ2) is 6.12. The first-order chi connectivity index (χ1) is 11.1. The van der Waals surface area contributed by atoms with Crippen molar-refractivity contribution in [3.05, 3.63) is 64.1 Å². The molecule has 0 aliphatic rings. The molecule has 0 N–H and O–H groups in total. The third-order valence-electron chi connectivity index (χ3n) is 3.74. The van der Waals surface area contributed by atoms with Crippen molar-refractivity contribution in [3.8, 4) is 5.75 Å². The smallest absolute Gasteiger partial charge is 0.419 e. The van der Waals surface area contributed by atoms with Gasteiger partial charge in [0.1, 0.15) is 5.75 Å². The number of aromatic nitrogens is 1. The van der Waals surface area contributed by atoms with Gasteiger partial charge in [0.25, 0.3) is 0 Å². The van der Waals surface area contributed by atoms with Crippen molar-refractivity contribution in [2.45, 2.75) is 26.8 Å². The van der Waals surface area contributed by atoms with Gasteiger partial charge in [-0.3, -0.25) is 9.36 Å². The lowest BCUT2D eigenvalue weighted by molar-refractivity contribution is -0.134. The number of carbonyl (C=O) groups is 1. The summed E-state index contributed by atoms with van der Waals surface area (Å²) in [5.41, 5.74) is 3.01. The average molecular weight is 311 g/mol. The zero-order chi connectivity index (χ0) is 16.4. The van der Waals surface area contributed by atoms with Gasteiger partial charge in [0.2, 0.25) is 0 Å². The number of rotatable bonds is 4. The summed E-state index contributed by atoms with van der Waals surface area (Å²) in [6.07, 6.45) is 0.0945. The van der Waals surface area contributed by atoms with Crippen LogP contribution in [-0.2, 0) is 11.3 Å². The van der Waals surface area contributed by atoms with E-state index in [0.717, 1.165) is 11.1 Å². The number of ether oxygens (including phenoxy) is 1. The summed E-state index contributed by atoms with van der Waals surface area (Å²) in [5, 5.41) is 0. The summed E-state index contributed by atoms with van der Waals surface area (Å²) in [6.45, 7) is 4.01. The van der Waals surface area contributed by atoms with Gasteiger partial charge in [-0.15, -0.1) is 0 Å². The van der Waals surface area contributed by atoms with Crippen molar-refractivity contribution >= 4 is 17.1 Å². The molecule has 0 radical (unpaired) electrons. The normalized spacial score (nSPS) is 10.9. The third-order valence-corrected chi connectivity index (χ3v) is 3.74. The number of benzene rings is 2. The molecule has 23 heavy (non-hydrogen) atoms. The van der Waals surface area contributed by atoms with Gasteiger partial charge in [-0.1, -0.05) is 30.3 Å². The molecule has 5 heteroatoms. The number of esters is 1. The Hall–Kier alpha value is -2.82. The maximum atomic E-state index is 12.1. The molecule has 0 amide bonds. The van der Waals surface area contributed by atoms with Crippen molar-refractivity contribution in [3.63, 3.8) is 0 Å². The SMILES string of the molecule is Cc1cccc(C)c1OC(=O)CCn1c(=O)oc2ccccc21. The Morgan fingerprint density at radius 1 is 1.09 bits per heavy atom. The van der Waals surface area contributed by atoms with Crippen molar-refractivity contribution in [1.29, 1.82) is 0 Å². The summed E-state index contributed by atoms with van der Waals surface area (Å²) in [6, 6.07) is 12.8. The average Bonchev–Trinajstić information content (AvgIpc) is 2.84. The minimum absolute atomic E-state index is 0.0945. The van der Waals surface area contributed by atoms with E-state index in [9.17, 15) is 9.59 Å². The molecule has 0 saturated heterocycles. The summed E-state index contributed by atoms with van der Waals surface area (Å²) >= 11 is 0. The Labute approximate surface area is 133 Å². The molecule has 5 nitrogen and oxygen atoms in total. The maximum absolute atomic E-state index is 12.1. The molecule has 0 aliphatic heterocycles. The van der Waals surface area contributed by atoms with Gasteiger partial charge < -0.3 is 9.15 Å². The van der Waals surface area contributed by atoms with E-state index in [0.29, 0.717) is 16.8 Å². The minimum atomic E-state index is -0.467. The van der Waals surface area contributed by atoms with Crippen LogP contribution in [-0.4, -0.2) is 10.5 Å². The highest BCUT2D eigenvalue weighted by Gasteiger charge is 2.13. The number of hydrogen-bond donors (Lipinski definition) is 0. The first-order valence-electron chi connectivity index (χ1n) is 7.41. The van der Waals surface area contributed by atoms with E-state index in [4.69, 9.17) is 9.15 Å². The molecule has 118 valence electrons. The van der Waals surface area contributed by atoms with E-state index in [-0.39, 0.29) is 18.9 Å². The predicted octanol–water partition coefficient (Wildman–Crippen LogP) is 3.21. The highest BCUT2D eigenvalue weighted by Crippen LogP contribution is 2.23. The number of para-hydroxylation sites is 3. The van der Waals surface area contributed by atoms with E-state index >= 15 is 0 Å². The number of oxazole rings is 1. The van der Waals surface area contributed by atoms with Crippen LogP contribution in [0.1, 0.15) is 17.5 Å². The maximum Gasteiger partial charge on any atom is 0.419 e. The number of nitrogens with zero attached hydrogens (tertiary/aromatic N) is 1. The lowest BCUT2D eigenvalue weighted by atomic mass is 10.1. The van der Waals surface area contributed by atoms with Crippen molar-refractivity contribution < 1.29 is 13.9 Å². The zero-order valence-corrected chi connectivity index (χ0v) is 13.0. The Bertz CT molecular complexity index is 900. The van der Waals surface area contributed by atoms with E-state index in [1.807, 2.05) is 38.1 Å². The molecule has 3 rings (SSSR count). The van der Waals surface area contributed by atoms with Crippen molar-refractivity contribution in [2.24, 2.45) is 0 Å². The lowest BCUT2D eigenvalue weighted by Gasteiger charge is -2.10. The predicted molar refractivity (Wildman–Crippen MR) is 86.6 cm³/mol. The monoisotopic (exact) mass is 311 g/mol. The molecule has 1 aromatic heterocycles. The molecule has 0 atom stereocenters. The molecule has 3 aromatic rings. The standard InChI is InChI=1S/C18H17NO4/c1-12-6-5-7-13(2)17(12)23-16(20)10-11-19-14-8-3-4-9-15(14)22-18(19)21/h3-9H,10-11H2,1-2H3. The van der Waals surface area contributed by atoms with Gasteiger partial charge in [0.15, 0.2) is 5.58 Å². The Kier molecular flexibility index (Phi) is 4.02. The summed E-state index contributed by atoms with van der Waals surface area (Å²) < 4.78 is 12.0. The zero-order valence-electron chi connectivity index (χ0n) is 13.0. The van der Waals surface area contributed by atoms with Crippen LogP contribution in [0, 0.1) is 13.8 Å². The largest absolute Gasteiger partial charge is 0.426 e. The van der Waals surface area contributed by atoms with Gasteiger partial charge in [0, 0.05) is 6.54 Å². The molecular formula is C18H17NO4. The van der Waals surface area contributed by atoms with Crippen LogP contribution < -0.4 is 10.5 Å². The fraction of sp³-hybridized carbons (Fsp3) is 0.222. The second-order valence-corrected chi connectivity index (χ2v) is 5.43. The fourth-order valence-corrected chi connectivity index (χ4v) is 2.55. The highest BCUT2D eigenvalue weighted by atomic mass is 16.5. The molecule has 0 aliphatic carbocycles. The number of aryl methyl sites for hydroxylation is 3. The number of hydrogen-bond acceptors (Lipinski definition) is 4. The van der Waals surface area contributed by atoms with Gasteiger partial charge >= 0.3 is 11.7 Å². The first kappa shape index (κ1) is 15.1. The molecule has 0 fully saturated rings. The van der Waals surface area contributed by atoms with Crippen LogP contribution in [0.25, 0.3) is 11.1 Å².